The lowest BCUT2D eigenvalue weighted by Crippen LogP contribution is -2.31. The first-order valence-electron chi connectivity index (χ1n) is 5.28. The molecule has 0 bridgehead atoms. The van der Waals surface area contributed by atoms with E-state index >= 15 is 0 Å². The van der Waals surface area contributed by atoms with Crippen molar-refractivity contribution in [3.05, 3.63) is 23.7 Å². The standard InChI is InChI=1S/C11H15NO3/c1-2-7-3-6-10(15-7)8-4-5-9(12-8)11(13)14/h3,6,8-9,12H,2,4-5H2,1H3,(H,13,14)/t8-,9-/m1/s1. The molecule has 1 aliphatic heterocycles. The fourth-order valence-electron chi connectivity index (χ4n) is 1.93. The largest absolute Gasteiger partial charge is 0.480 e. The highest BCUT2D eigenvalue weighted by atomic mass is 16.4. The summed E-state index contributed by atoms with van der Waals surface area (Å²) in [4.78, 5) is 10.7. The van der Waals surface area contributed by atoms with Crippen LogP contribution in [-0.4, -0.2) is 17.1 Å². The molecule has 0 aromatic carbocycles. The summed E-state index contributed by atoms with van der Waals surface area (Å²) in [5, 5.41) is 11.9. The molecule has 15 heavy (non-hydrogen) atoms. The first-order chi connectivity index (χ1) is 7.20. The highest BCUT2D eigenvalue weighted by Crippen LogP contribution is 2.27. The van der Waals surface area contributed by atoms with E-state index in [0.29, 0.717) is 6.42 Å². The van der Waals surface area contributed by atoms with Crippen molar-refractivity contribution in [2.45, 2.75) is 38.3 Å². The molecule has 4 heteroatoms. The zero-order valence-electron chi connectivity index (χ0n) is 8.69. The number of furan rings is 1. The minimum Gasteiger partial charge on any atom is -0.480 e. The van der Waals surface area contributed by atoms with Crippen LogP contribution in [0.25, 0.3) is 0 Å². The van der Waals surface area contributed by atoms with Crippen molar-refractivity contribution in [3.8, 4) is 0 Å². The van der Waals surface area contributed by atoms with E-state index in [1.54, 1.807) is 0 Å². The van der Waals surface area contributed by atoms with Gasteiger partial charge in [-0.15, -0.1) is 0 Å². The highest BCUT2D eigenvalue weighted by molar-refractivity contribution is 5.73. The number of hydrogen-bond donors (Lipinski definition) is 2. The van der Waals surface area contributed by atoms with Gasteiger partial charge in [0.15, 0.2) is 0 Å². The molecule has 1 aliphatic rings. The van der Waals surface area contributed by atoms with Gasteiger partial charge < -0.3 is 9.52 Å². The normalized spacial score (nSPS) is 25.7. The molecule has 0 aliphatic carbocycles. The second-order valence-electron chi connectivity index (χ2n) is 3.85. The number of carboxylic acid groups (broad SMARTS) is 1. The summed E-state index contributed by atoms with van der Waals surface area (Å²) in [6.45, 7) is 2.03. The van der Waals surface area contributed by atoms with Gasteiger partial charge >= 0.3 is 5.97 Å². The lowest BCUT2D eigenvalue weighted by molar-refractivity contribution is -0.139. The lowest BCUT2D eigenvalue weighted by Gasteiger charge is -2.08. The van der Waals surface area contributed by atoms with Crippen molar-refractivity contribution < 1.29 is 14.3 Å². The highest BCUT2D eigenvalue weighted by Gasteiger charge is 2.31. The van der Waals surface area contributed by atoms with E-state index in [2.05, 4.69) is 5.32 Å². The maximum atomic E-state index is 10.7. The maximum Gasteiger partial charge on any atom is 0.320 e. The Morgan fingerprint density at radius 2 is 2.40 bits per heavy atom. The topological polar surface area (TPSA) is 62.5 Å². The molecule has 0 unspecified atom stereocenters. The van der Waals surface area contributed by atoms with Gasteiger partial charge in [-0.2, -0.15) is 0 Å². The quantitative estimate of drug-likeness (QED) is 0.795. The number of rotatable bonds is 3. The van der Waals surface area contributed by atoms with E-state index < -0.39 is 12.0 Å². The average Bonchev–Trinajstić information content (AvgIpc) is 2.86. The van der Waals surface area contributed by atoms with Crippen LogP contribution in [0.3, 0.4) is 0 Å². The second-order valence-corrected chi connectivity index (χ2v) is 3.85. The van der Waals surface area contributed by atoms with Gasteiger partial charge in [-0.1, -0.05) is 6.92 Å². The number of aliphatic carboxylic acids is 1. The van der Waals surface area contributed by atoms with Crippen LogP contribution in [-0.2, 0) is 11.2 Å². The van der Waals surface area contributed by atoms with Gasteiger partial charge in [-0.25, -0.2) is 0 Å². The Morgan fingerprint density at radius 1 is 1.60 bits per heavy atom. The van der Waals surface area contributed by atoms with Gasteiger partial charge in [0, 0.05) is 6.42 Å². The third-order valence-electron chi connectivity index (χ3n) is 2.82. The minimum absolute atomic E-state index is 0.0615. The van der Waals surface area contributed by atoms with Crippen LogP contribution in [0.5, 0.6) is 0 Å². The first-order valence-corrected chi connectivity index (χ1v) is 5.28. The van der Waals surface area contributed by atoms with Crippen molar-refractivity contribution in [2.75, 3.05) is 0 Å². The molecule has 0 saturated carbocycles. The van der Waals surface area contributed by atoms with Gasteiger partial charge in [0.1, 0.15) is 17.6 Å². The summed E-state index contributed by atoms with van der Waals surface area (Å²) in [5.74, 6) is 1.03. The Labute approximate surface area is 88.3 Å². The molecule has 2 atom stereocenters. The first kappa shape index (κ1) is 10.2. The number of nitrogens with one attached hydrogen (secondary N) is 1. The Morgan fingerprint density at radius 3 is 2.93 bits per heavy atom. The van der Waals surface area contributed by atoms with Gasteiger partial charge in [0.2, 0.25) is 0 Å². The molecule has 1 aromatic rings. The van der Waals surface area contributed by atoms with Gasteiger partial charge in [-0.3, -0.25) is 10.1 Å². The van der Waals surface area contributed by atoms with E-state index in [-0.39, 0.29) is 6.04 Å². The van der Waals surface area contributed by atoms with E-state index in [1.807, 2.05) is 19.1 Å². The molecule has 2 rings (SSSR count). The summed E-state index contributed by atoms with van der Waals surface area (Å²) >= 11 is 0. The summed E-state index contributed by atoms with van der Waals surface area (Å²) < 4.78 is 5.59. The molecule has 1 fully saturated rings. The zero-order chi connectivity index (χ0) is 10.8. The maximum absolute atomic E-state index is 10.7. The van der Waals surface area contributed by atoms with Crippen LogP contribution in [0, 0.1) is 0 Å². The Bertz CT molecular complexity index is 358. The van der Waals surface area contributed by atoms with Crippen molar-refractivity contribution in [1.29, 1.82) is 0 Å². The fourth-order valence-corrected chi connectivity index (χ4v) is 1.93. The van der Waals surface area contributed by atoms with Gasteiger partial charge in [0.05, 0.1) is 6.04 Å². The SMILES string of the molecule is CCc1ccc([C@H]2CC[C@H](C(=O)O)N2)o1. The van der Waals surface area contributed by atoms with E-state index in [4.69, 9.17) is 9.52 Å². The predicted molar refractivity (Wildman–Crippen MR) is 54.6 cm³/mol. The second kappa shape index (κ2) is 4.06. The molecule has 2 N–H and O–H groups in total. The molecular formula is C11H15NO3. The van der Waals surface area contributed by atoms with Crippen LogP contribution >= 0.6 is 0 Å². The third-order valence-corrected chi connectivity index (χ3v) is 2.82. The predicted octanol–water partition coefficient (Wildman–Crippen LogP) is 1.72. The summed E-state index contributed by atoms with van der Waals surface area (Å²) in [6.07, 6.45) is 2.37. The smallest absolute Gasteiger partial charge is 0.320 e. The van der Waals surface area contributed by atoms with Crippen LogP contribution in [0.4, 0.5) is 0 Å². The molecule has 2 heterocycles. The van der Waals surface area contributed by atoms with Crippen LogP contribution in [0.1, 0.15) is 37.3 Å². The van der Waals surface area contributed by atoms with Gasteiger partial charge in [-0.05, 0) is 25.0 Å². The molecule has 0 amide bonds. The monoisotopic (exact) mass is 209 g/mol. The number of carboxylic acids is 1. The van der Waals surface area contributed by atoms with Crippen molar-refractivity contribution in [2.24, 2.45) is 0 Å². The molecule has 82 valence electrons. The number of aryl methyl sites for hydroxylation is 1. The molecule has 0 radical (unpaired) electrons. The average molecular weight is 209 g/mol. The molecule has 0 spiro atoms. The minimum atomic E-state index is -0.778. The molecule has 1 saturated heterocycles. The van der Waals surface area contributed by atoms with Crippen LogP contribution < -0.4 is 5.32 Å². The van der Waals surface area contributed by atoms with E-state index in [0.717, 1.165) is 24.4 Å². The molecule has 1 aromatic heterocycles. The van der Waals surface area contributed by atoms with Gasteiger partial charge in [0.25, 0.3) is 0 Å². The van der Waals surface area contributed by atoms with E-state index in [9.17, 15) is 4.79 Å². The summed E-state index contributed by atoms with van der Waals surface area (Å²) in [7, 11) is 0. The summed E-state index contributed by atoms with van der Waals surface area (Å²) in [6, 6.07) is 3.52. The summed E-state index contributed by atoms with van der Waals surface area (Å²) in [5.41, 5.74) is 0. The Balaban J connectivity index is 2.04. The number of hydrogen-bond acceptors (Lipinski definition) is 3. The number of carbonyl (C=O) groups is 1. The molecular weight excluding hydrogens is 194 g/mol. The van der Waals surface area contributed by atoms with Crippen LogP contribution in [0.2, 0.25) is 0 Å². The van der Waals surface area contributed by atoms with Crippen LogP contribution in [0.15, 0.2) is 16.5 Å². The zero-order valence-corrected chi connectivity index (χ0v) is 8.69. The van der Waals surface area contributed by atoms with Crippen molar-refractivity contribution >= 4 is 5.97 Å². The Kier molecular flexibility index (Phi) is 2.77. The molecule has 4 nitrogen and oxygen atoms in total. The fraction of sp³-hybridized carbons (Fsp3) is 0.545. The van der Waals surface area contributed by atoms with E-state index in [1.165, 1.54) is 0 Å². The third kappa shape index (κ3) is 2.04. The Hall–Kier alpha value is -1.29. The van der Waals surface area contributed by atoms with Crippen molar-refractivity contribution in [3.63, 3.8) is 0 Å². The lowest BCUT2D eigenvalue weighted by atomic mass is 10.1. The van der Waals surface area contributed by atoms with Crippen molar-refractivity contribution in [1.82, 2.24) is 5.32 Å².